The van der Waals surface area contributed by atoms with Crippen LogP contribution in [0.3, 0.4) is 0 Å². The van der Waals surface area contributed by atoms with Gasteiger partial charge in [0.15, 0.2) is 22.8 Å². The molecule has 0 aliphatic carbocycles. The summed E-state index contributed by atoms with van der Waals surface area (Å²) in [6, 6.07) is 8.09. The van der Waals surface area contributed by atoms with E-state index in [-0.39, 0.29) is 29.8 Å². The van der Waals surface area contributed by atoms with Gasteiger partial charge in [-0.1, -0.05) is 0 Å². The number of aryl methyl sites for hydroxylation is 2. The molecule has 0 N–H and O–H groups in total. The lowest BCUT2D eigenvalue weighted by Gasteiger charge is -2.39. The van der Waals surface area contributed by atoms with Crippen molar-refractivity contribution in [2.75, 3.05) is 32.8 Å². The van der Waals surface area contributed by atoms with E-state index in [4.69, 9.17) is 14.2 Å². The van der Waals surface area contributed by atoms with Crippen molar-refractivity contribution in [2.45, 2.75) is 78.7 Å². The van der Waals surface area contributed by atoms with Gasteiger partial charge in [0.25, 0.3) is 11.1 Å². The Kier molecular flexibility index (Phi) is 11.6. The number of likely N-dealkylation sites (tertiary alicyclic amines) is 1. The molecule has 0 radical (unpaired) electrons. The fourth-order valence-electron chi connectivity index (χ4n) is 6.35. The van der Waals surface area contributed by atoms with Crippen LogP contribution < -0.4 is 20.6 Å². The average Bonchev–Trinajstić information content (AvgIpc) is 3.14. The summed E-state index contributed by atoms with van der Waals surface area (Å²) in [5.41, 5.74) is 3.67. The Hall–Kier alpha value is -5.77. The maximum atomic E-state index is 13.3. The molecular formula is C38H45N9O7. The summed E-state index contributed by atoms with van der Waals surface area (Å²) in [5, 5.41) is 0. The van der Waals surface area contributed by atoms with Gasteiger partial charge in [-0.05, 0) is 59.6 Å². The zero-order valence-corrected chi connectivity index (χ0v) is 31.2. The topological polar surface area (TPSA) is 177 Å². The molecule has 284 valence electrons. The first-order valence-electron chi connectivity index (χ1n) is 17.9. The summed E-state index contributed by atoms with van der Waals surface area (Å²) >= 11 is 0. The zero-order valence-electron chi connectivity index (χ0n) is 31.2. The number of amides is 1. The number of hydrogen-bond acceptors (Lipinski definition) is 13. The van der Waals surface area contributed by atoms with Crippen molar-refractivity contribution >= 4 is 34.7 Å². The number of piperidine rings is 1. The quantitative estimate of drug-likeness (QED) is 0.212. The van der Waals surface area contributed by atoms with Crippen molar-refractivity contribution in [1.82, 2.24) is 43.9 Å². The minimum absolute atomic E-state index is 0.0000973. The third-order valence-electron chi connectivity index (χ3n) is 8.96. The molecule has 0 bridgehead atoms. The molecule has 1 saturated heterocycles. The van der Waals surface area contributed by atoms with Gasteiger partial charge in [0.05, 0.1) is 36.4 Å². The molecule has 16 nitrogen and oxygen atoms in total. The highest BCUT2D eigenvalue weighted by Crippen LogP contribution is 2.30. The second-order valence-electron chi connectivity index (χ2n) is 14.2. The fraction of sp³-hybridized carbons (Fsp3) is 0.447. The van der Waals surface area contributed by atoms with Crippen LogP contribution in [0.4, 0.5) is 4.79 Å². The van der Waals surface area contributed by atoms with Gasteiger partial charge in [-0.3, -0.25) is 38.6 Å². The first-order chi connectivity index (χ1) is 25.9. The largest absolute Gasteiger partial charge is 0.486 e. The minimum atomic E-state index is -0.608. The summed E-state index contributed by atoms with van der Waals surface area (Å²) in [7, 11) is 0. The number of aromatic nitrogens is 7. The third kappa shape index (κ3) is 9.23. The monoisotopic (exact) mass is 739 g/mol. The number of nitrogens with zero attached hydrogens (tertiary/aromatic N) is 9. The molecule has 0 spiro atoms. The zero-order chi connectivity index (χ0) is 38.4. The number of rotatable bonds is 8. The van der Waals surface area contributed by atoms with Crippen molar-refractivity contribution in [2.24, 2.45) is 0 Å². The Morgan fingerprint density at radius 3 is 2.06 bits per heavy atom. The first kappa shape index (κ1) is 38.0. The van der Waals surface area contributed by atoms with Crippen LogP contribution in [-0.4, -0.2) is 101 Å². The Labute approximate surface area is 311 Å². The first-order valence-corrected chi connectivity index (χ1v) is 17.9. The summed E-state index contributed by atoms with van der Waals surface area (Å²) in [5.74, 6) is 1.27. The SMILES string of the molecule is Cc1cnc2ccc(=O)n(CC=O)c2n1.Cc1cnc2ccc(=O)n(CCN3CCC(N(Cc4cc5c(cn4)OCCO5)C(=O)OC(C)(C)C)CC3)c2n1. The highest BCUT2D eigenvalue weighted by atomic mass is 16.6. The summed E-state index contributed by atoms with van der Waals surface area (Å²) < 4.78 is 20.1. The molecule has 7 heterocycles. The highest BCUT2D eigenvalue weighted by molar-refractivity contribution is 5.71. The van der Waals surface area contributed by atoms with Gasteiger partial charge in [-0.25, -0.2) is 14.8 Å². The second kappa shape index (κ2) is 16.5. The van der Waals surface area contributed by atoms with E-state index in [1.807, 2.05) is 33.8 Å². The van der Waals surface area contributed by atoms with Crippen molar-refractivity contribution in [3.63, 3.8) is 0 Å². The van der Waals surface area contributed by atoms with Gasteiger partial charge in [0.1, 0.15) is 36.1 Å². The molecule has 0 atom stereocenters. The predicted octanol–water partition coefficient (Wildman–Crippen LogP) is 3.47. The lowest BCUT2D eigenvalue weighted by atomic mass is 10.0. The molecule has 2 aliphatic rings. The van der Waals surface area contributed by atoms with Gasteiger partial charge in [0, 0.05) is 62.8 Å². The van der Waals surface area contributed by atoms with Crippen molar-refractivity contribution in [1.29, 1.82) is 0 Å². The van der Waals surface area contributed by atoms with E-state index in [0.717, 1.165) is 37.3 Å². The third-order valence-corrected chi connectivity index (χ3v) is 8.96. The number of pyridine rings is 3. The van der Waals surface area contributed by atoms with Crippen LogP contribution in [0.15, 0.2) is 58.5 Å². The highest BCUT2D eigenvalue weighted by Gasteiger charge is 2.32. The van der Waals surface area contributed by atoms with E-state index in [0.29, 0.717) is 78.7 Å². The molecular weight excluding hydrogens is 694 g/mol. The van der Waals surface area contributed by atoms with E-state index >= 15 is 0 Å². The van der Waals surface area contributed by atoms with Crippen LogP contribution in [0.5, 0.6) is 11.5 Å². The molecule has 0 unspecified atom stereocenters. The molecule has 5 aromatic rings. The van der Waals surface area contributed by atoms with Crippen LogP contribution >= 0.6 is 0 Å². The van der Waals surface area contributed by atoms with Gasteiger partial charge in [0.2, 0.25) is 0 Å². The summed E-state index contributed by atoms with van der Waals surface area (Å²) in [6.45, 7) is 13.4. The van der Waals surface area contributed by atoms with E-state index < -0.39 is 5.60 Å². The van der Waals surface area contributed by atoms with E-state index in [2.05, 4.69) is 29.8 Å². The number of hydrogen-bond donors (Lipinski definition) is 0. The van der Waals surface area contributed by atoms with Gasteiger partial charge < -0.3 is 23.9 Å². The van der Waals surface area contributed by atoms with Gasteiger partial charge >= 0.3 is 6.09 Å². The predicted molar refractivity (Wildman–Crippen MR) is 200 cm³/mol. The lowest BCUT2D eigenvalue weighted by molar-refractivity contribution is -0.108. The standard InChI is InChI=1S/C28H36N6O5.C10H9N3O2/c1-19-16-30-22-5-6-25(35)33(26(22)31-19)12-11-32-9-7-21(8-10-32)34(27(36)39-28(2,3)4)18-20-15-23-24(17-29-20)38-14-13-37-23;1-7-6-11-8-2-3-9(15)13(4-5-14)10(8)12-7/h5-6,15-17,21H,7-14,18H2,1-4H3;2-3,5-6H,4H2,1H3. The van der Waals surface area contributed by atoms with Crippen LogP contribution in [0, 0.1) is 13.8 Å². The molecule has 1 fully saturated rings. The molecule has 16 heteroatoms. The van der Waals surface area contributed by atoms with E-state index in [9.17, 15) is 19.2 Å². The number of ether oxygens (including phenoxy) is 3. The van der Waals surface area contributed by atoms with Crippen molar-refractivity contribution in [3.05, 3.63) is 86.7 Å². The molecule has 7 rings (SSSR count). The Morgan fingerprint density at radius 2 is 1.44 bits per heavy atom. The number of carbonyl (C=O) groups is 2. The molecule has 0 saturated carbocycles. The Bertz CT molecular complexity index is 2260. The maximum Gasteiger partial charge on any atom is 0.410 e. The summed E-state index contributed by atoms with van der Waals surface area (Å²) in [6.07, 6.45) is 6.87. The van der Waals surface area contributed by atoms with Crippen molar-refractivity contribution < 1.29 is 23.8 Å². The number of aldehydes is 1. The second-order valence-corrected chi connectivity index (χ2v) is 14.2. The molecule has 2 aliphatic heterocycles. The maximum absolute atomic E-state index is 13.3. The molecule has 54 heavy (non-hydrogen) atoms. The van der Waals surface area contributed by atoms with Gasteiger partial charge in [-0.15, -0.1) is 0 Å². The molecule has 1 amide bonds. The summed E-state index contributed by atoms with van der Waals surface area (Å²) in [4.78, 5) is 73.7. The minimum Gasteiger partial charge on any atom is -0.486 e. The van der Waals surface area contributed by atoms with E-state index in [1.165, 1.54) is 10.6 Å². The number of carbonyl (C=O) groups excluding carboxylic acids is 2. The Balaban J connectivity index is 0.000000276. The fourth-order valence-corrected chi connectivity index (χ4v) is 6.35. The van der Waals surface area contributed by atoms with Crippen LogP contribution in [0.1, 0.15) is 50.7 Å². The van der Waals surface area contributed by atoms with E-state index in [1.54, 1.807) is 53.2 Å². The Morgan fingerprint density at radius 1 is 0.852 bits per heavy atom. The van der Waals surface area contributed by atoms with Crippen LogP contribution in [-0.2, 0) is 29.2 Å². The molecule has 0 aromatic carbocycles. The van der Waals surface area contributed by atoms with Crippen LogP contribution in [0.2, 0.25) is 0 Å². The van der Waals surface area contributed by atoms with Gasteiger partial charge in [-0.2, -0.15) is 0 Å². The van der Waals surface area contributed by atoms with Crippen LogP contribution in [0.25, 0.3) is 22.3 Å². The lowest BCUT2D eigenvalue weighted by Crippen LogP contribution is -2.49. The van der Waals surface area contributed by atoms with Crippen molar-refractivity contribution in [3.8, 4) is 11.5 Å². The smallest absolute Gasteiger partial charge is 0.410 e. The number of fused-ring (bicyclic) bond motifs is 3. The molecule has 5 aromatic heterocycles. The average molecular weight is 740 g/mol. The normalized spacial score (nSPS) is 14.7.